The SMILES string of the molecule is O=C(O)Nc1ncc[nH]1. The molecule has 0 unspecified atom stereocenters. The molecule has 0 saturated carbocycles. The lowest BCUT2D eigenvalue weighted by atomic mass is 10.9. The zero-order valence-electron chi connectivity index (χ0n) is 4.46. The van der Waals surface area contributed by atoms with E-state index in [-0.39, 0.29) is 5.95 Å². The molecule has 0 aliphatic carbocycles. The molecule has 9 heavy (non-hydrogen) atoms. The van der Waals surface area contributed by atoms with E-state index in [4.69, 9.17) is 5.11 Å². The van der Waals surface area contributed by atoms with E-state index in [0.29, 0.717) is 0 Å². The highest BCUT2D eigenvalue weighted by molar-refractivity contribution is 5.80. The van der Waals surface area contributed by atoms with Gasteiger partial charge in [0.05, 0.1) is 0 Å². The standard InChI is InChI=1S/C4H5N3O2/c8-4(9)7-3-5-1-2-6-3/h1-2H,(H,8,9)(H2,5,6,7). The molecule has 0 fully saturated rings. The minimum atomic E-state index is -1.12. The van der Waals surface area contributed by atoms with E-state index in [2.05, 4.69) is 9.97 Å². The van der Waals surface area contributed by atoms with Crippen molar-refractivity contribution < 1.29 is 9.90 Å². The Labute approximate surface area is 50.7 Å². The van der Waals surface area contributed by atoms with Crippen molar-refractivity contribution in [2.45, 2.75) is 0 Å². The van der Waals surface area contributed by atoms with Crippen LogP contribution in [0.5, 0.6) is 0 Å². The van der Waals surface area contributed by atoms with Gasteiger partial charge in [0, 0.05) is 12.4 Å². The van der Waals surface area contributed by atoms with Crippen LogP contribution in [-0.4, -0.2) is 21.2 Å². The van der Waals surface area contributed by atoms with Crippen molar-refractivity contribution in [2.75, 3.05) is 5.32 Å². The Kier molecular flexibility index (Phi) is 1.35. The number of hydrogen-bond acceptors (Lipinski definition) is 2. The molecule has 3 N–H and O–H groups in total. The van der Waals surface area contributed by atoms with Crippen molar-refractivity contribution in [3.63, 3.8) is 0 Å². The van der Waals surface area contributed by atoms with Crippen LogP contribution in [0.1, 0.15) is 0 Å². The maximum absolute atomic E-state index is 9.90. The Balaban J connectivity index is 2.58. The summed E-state index contributed by atoms with van der Waals surface area (Å²) in [6.07, 6.45) is 1.88. The van der Waals surface area contributed by atoms with Crippen LogP contribution in [0.25, 0.3) is 0 Å². The first-order chi connectivity index (χ1) is 4.29. The van der Waals surface area contributed by atoms with Gasteiger partial charge in [-0.25, -0.2) is 9.78 Å². The van der Waals surface area contributed by atoms with Gasteiger partial charge in [0.25, 0.3) is 0 Å². The van der Waals surface area contributed by atoms with Crippen LogP contribution in [0.15, 0.2) is 12.4 Å². The van der Waals surface area contributed by atoms with E-state index >= 15 is 0 Å². The summed E-state index contributed by atoms with van der Waals surface area (Å²) in [5.74, 6) is 0.238. The summed E-state index contributed by atoms with van der Waals surface area (Å²) in [6, 6.07) is 0. The number of H-pyrrole nitrogens is 1. The van der Waals surface area contributed by atoms with Crippen molar-refractivity contribution in [2.24, 2.45) is 0 Å². The molecular formula is C4H5N3O2. The van der Waals surface area contributed by atoms with Crippen LogP contribution in [-0.2, 0) is 0 Å². The lowest BCUT2D eigenvalue weighted by Crippen LogP contribution is -2.08. The molecule has 1 aromatic rings. The summed E-state index contributed by atoms with van der Waals surface area (Å²) >= 11 is 0. The summed E-state index contributed by atoms with van der Waals surface area (Å²) in [5, 5.41) is 10.1. The molecule has 1 amide bonds. The van der Waals surface area contributed by atoms with Gasteiger partial charge in [-0.05, 0) is 0 Å². The van der Waals surface area contributed by atoms with Crippen LogP contribution in [0, 0.1) is 0 Å². The topological polar surface area (TPSA) is 78.0 Å². The van der Waals surface area contributed by atoms with Gasteiger partial charge in [-0.15, -0.1) is 0 Å². The van der Waals surface area contributed by atoms with E-state index in [0.717, 1.165) is 0 Å². The number of rotatable bonds is 1. The molecule has 0 aliphatic heterocycles. The fourth-order valence-electron chi connectivity index (χ4n) is 0.435. The maximum Gasteiger partial charge on any atom is 0.411 e. The van der Waals surface area contributed by atoms with Crippen molar-refractivity contribution in [1.29, 1.82) is 0 Å². The molecule has 48 valence electrons. The average molecular weight is 127 g/mol. The molecule has 1 heterocycles. The molecule has 0 radical (unpaired) electrons. The third-order valence-corrected chi connectivity index (χ3v) is 0.724. The third-order valence-electron chi connectivity index (χ3n) is 0.724. The third kappa shape index (κ3) is 1.45. The van der Waals surface area contributed by atoms with E-state index in [1.807, 2.05) is 5.32 Å². The number of aromatic nitrogens is 2. The van der Waals surface area contributed by atoms with E-state index in [1.165, 1.54) is 12.4 Å². The molecule has 1 rings (SSSR count). The number of carbonyl (C=O) groups is 1. The molecule has 5 nitrogen and oxygen atoms in total. The van der Waals surface area contributed by atoms with Gasteiger partial charge in [-0.2, -0.15) is 0 Å². The van der Waals surface area contributed by atoms with Crippen LogP contribution in [0.3, 0.4) is 0 Å². The number of hydrogen-bond donors (Lipinski definition) is 3. The highest BCUT2D eigenvalue weighted by Crippen LogP contribution is 1.92. The average Bonchev–Trinajstić information content (AvgIpc) is 2.15. The smallest absolute Gasteiger partial charge is 0.411 e. The van der Waals surface area contributed by atoms with Crippen molar-refractivity contribution >= 4 is 12.0 Å². The first-order valence-corrected chi connectivity index (χ1v) is 2.28. The minimum Gasteiger partial charge on any atom is -0.465 e. The largest absolute Gasteiger partial charge is 0.465 e. The van der Waals surface area contributed by atoms with Crippen LogP contribution < -0.4 is 5.32 Å². The van der Waals surface area contributed by atoms with Crippen LogP contribution >= 0.6 is 0 Å². The molecule has 0 bridgehead atoms. The van der Waals surface area contributed by atoms with Gasteiger partial charge in [0.15, 0.2) is 0 Å². The first-order valence-electron chi connectivity index (χ1n) is 2.28. The predicted molar refractivity (Wildman–Crippen MR) is 30.2 cm³/mol. The zero-order valence-corrected chi connectivity index (χ0v) is 4.46. The lowest BCUT2D eigenvalue weighted by molar-refractivity contribution is 0.209. The summed E-state index contributed by atoms with van der Waals surface area (Å²) in [7, 11) is 0. The van der Waals surface area contributed by atoms with E-state index in [9.17, 15) is 4.79 Å². The molecule has 0 saturated heterocycles. The maximum atomic E-state index is 9.90. The van der Waals surface area contributed by atoms with Crippen molar-refractivity contribution in [3.05, 3.63) is 12.4 Å². The summed E-state index contributed by atoms with van der Waals surface area (Å²) in [6.45, 7) is 0. The first kappa shape index (κ1) is 5.61. The Morgan fingerprint density at radius 3 is 3.11 bits per heavy atom. The van der Waals surface area contributed by atoms with Crippen molar-refractivity contribution in [3.8, 4) is 0 Å². The number of nitrogens with zero attached hydrogens (tertiary/aromatic N) is 1. The second kappa shape index (κ2) is 2.17. The summed E-state index contributed by atoms with van der Waals surface area (Å²) in [5.41, 5.74) is 0. The Morgan fingerprint density at radius 2 is 2.67 bits per heavy atom. The van der Waals surface area contributed by atoms with Gasteiger partial charge in [0.1, 0.15) is 0 Å². The number of imidazole rings is 1. The number of amides is 1. The van der Waals surface area contributed by atoms with Crippen LogP contribution in [0.4, 0.5) is 10.7 Å². The van der Waals surface area contributed by atoms with Gasteiger partial charge >= 0.3 is 6.09 Å². The predicted octanol–water partition coefficient (Wildman–Crippen LogP) is 0.500. The normalized spacial score (nSPS) is 8.89. The monoisotopic (exact) mass is 127 g/mol. The van der Waals surface area contributed by atoms with E-state index < -0.39 is 6.09 Å². The van der Waals surface area contributed by atoms with Gasteiger partial charge in [0.2, 0.25) is 5.95 Å². The Bertz CT molecular complexity index is 194. The highest BCUT2D eigenvalue weighted by Gasteiger charge is 1.95. The van der Waals surface area contributed by atoms with Gasteiger partial charge in [-0.1, -0.05) is 0 Å². The molecule has 0 atom stereocenters. The second-order valence-electron chi connectivity index (χ2n) is 1.37. The Morgan fingerprint density at radius 1 is 1.89 bits per heavy atom. The molecule has 1 aromatic heterocycles. The number of carboxylic acid groups (broad SMARTS) is 1. The van der Waals surface area contributed by atoms with E-state index in [1.54, 1.807) is 0 Å². The Hall–Kier alpha value is -1.52. The molecule has 0 spiro atoms. The van der Waals surface area contributed by atoms with Crippen molar-refractivity contribution in [1.82, 2.24) is 9.97 Å². The second-order valence-corrected chi connectivity index (χ2v) is 1.37. The molecule has 0 aliphatic rings. The minimum absolute atomic E-state index is 0.238. The fraction of sp³-hybridized carbons (Fsp3) is 0. The number of anilines is 1. The molecular weight excluding hydrogens is 122 g/mol. The summed E-state index contributed by atoms with van der Waals surface area (Å²) in [4.78, 5) is 16.1. The fourth-order valence-corrected chi connectivity index (χ4v) is 0.435. The molecule has 0 aromatic carbocycles. The highest BCUT2D eigenvalue weighted by atomic mass is 16.4. The van der Waals surface area contributed by atoms with Gasteiger partial charge < -0.3 is 10.1 Å². The quantitative estimate of drug-likeness (QED) is 0.514. The zero-order chi connectivity index (χ0) is 6.69. The number of aromatic amines is 1. The van der Waals surface area contributed by atoms with Gasteiger partial charge in [-0.3, -0.25) is 5.32 Å². The number of nitrogens with one attached hydrogen (secondary N) is 2. The van der Waals surface area contributed by atoms with Crippen LogP contribution in [0.2, 0.25) is 0 Å². The lowest BCUT2D eigenvalue weighted by Gasteiger charge is -1.90. The molecule has 5 heteroatoms. The summed E-state index contributed by atoms with van der Waals surface area (Å²) < 4.78 is 0.